The van der Waals surface area contributed by atoms with Crippen LogP contribution < -0.4 is 5.32 Å². The van der Waals surface area contributed by atoms with E-state index in [0.717, 1.165) is 17.7 Å². The molecule has 0 spiro atoms. The van der Waals surface area contributed by atoms with Crippen LogP contribution in [0.25, 0.3) is 0 Å². The second-order valence-corrected chi connectivity index (χ2v) is 5.79. The lowest BCUT2D eigenvalue weighted by molar-refractivity contribution is -0.138. The number of carbonyl (C=O) groups is 1. The van der Waals surface area contributed by atoms with E-state index in [-0.39, 0.29) is 6.42 Å². The van der Waals surface area contributed by atoms with E-state index in [1.54, 1.807) is 12.3 Å². The second-order valence-electron chi connectivity index (χ2n) is 5.39. The monoisotopic (exact) mass is 372 g/mol. The van der Waals surface area contributed by atoms with Crippen molar-refractivity contribution in [2.24, 2.45) is 0 Å². The van der Waals surface area contributed by atoms with Crippen molar-refractivity contribution in [1.82, 2.24) is 10.3 Å². The van der Waals surface area contributed by atoms with Crippen molar-refractivity contribution in [2.75, 3.05) is 7.11 Å². The maximum Gasteiger partial charge on any atom is 0.417 e. The Hall–Kier alpha value is -2.12. The van der Waals surface area contributed by atoms with Gasteiger partial charge in [-0.1, -0.05) is 23.7 Å². The highest BCUT2D eigenvalue weighted by atomic mass is 35.5. The van der Waals surface area contributed by atoms with Gasteiger partial charge in [0, 0.05) is 19.7 Å². The molecule has 25 heavy (non-hydrogen) atoms. The molecule has 0 fully saturated rings. The van der Waals surface area contributed by atoms with Gasteiger partial charge in [-0.3, -0.25) is 9.78 Å². The highest BCUT2D eigenvalue weighted by molar-refractivity contribution is 6.31. The SMILES string of the molecule is COC(Cc1ncc(C)cc1Cl)NC(=O)c1ccccc1C(F)(F)F. The molecule has 1 amide bonds. The van der Waals surface area contributed by atoms with Crippen molar-refractivity contribution in [3.8, 4) is 0 Å². The number of nitrogens with zero attached hydrogens (tertiary/aromatic N) is 1. The topological polar surface area (TPSA) is 51.2 Å². The van der Waals surface area contributed by atoms with Gasteiger partial charge < -0.3 is 10.1 Å². The van der Waals surface area contributed by atoms with E-state index in [1.165, 1.54) is 19.2 Å². The van der Waals surface area contributed by atoms with Crippen LogP contribution in [0, 0.1) is 6.92 Å². The van der Waals surface area contributed by atoms with Crippen molar-refractivity contribution < 1.29 is 22.7 Å². The first-order valence-electron chi connectivity index (χ1n) is 7.33. The molecule has 0 bridgehead atoms. The maximum absolute atomic E-state index is 13.0. The molecule has 1 unspecified atom stereocenters. The first kappa shape index (κ1) is 19.2. The number of carbonyl (C=O) groups excluding carboxylic acids is 1. The molecule has 1 heterocycles. The molecule has 0 radical (unpaired) electrons. The van der Waals surface area contributed by atoms with Crippen molar-refractivity contribution >= 4 is 17.5 Å². The third-order valence-corrected chi connectivity index (χ3v) is 3.81. The number of methoxy groups -OCH3 is 1. The van der Waals surface area contributed by atoms with Crippen LogP contribution in [0.5, 0.6) is 0 Å². The van der Waals surface area contributed by atoms with E-state index in [1.807, 2.05) is 6.92 Å². The molecule has 4 nitrogen and oxygen atoms in total. The zero-order valence-electron chi connectivity index (χ0n) is 13.5. The highest BCUT2D eigenvalue weighted by Crippen LogP contribution is 2.31. The van der Waals surface area contributed by atoms with Gasteiger partial charge in [0.25, 0.3) is 5.91 Å². The number of hydrogen-bond donors (Lipinski definition) is 1. The molecule has 8 heteroatoms. The highest BCUT2D eigenvalue weighted by Gasteiger charge is 2.35. The smallest absolute Gasteiger partial charge is 0.361 e. The lowest BCUT2D eigenvalue weighted by atomic mass is 10.1. The third kappa shape index (κ3) is 4.93. The molecule has 0 aliphatic heterocycles. The summed E-state index contributed by atoms with van der Waals surface area (Å²) in [6, 6.07) is 6.27. The van der Waals surface area contributed by atoms with Crippen molar-refractivity contribution in [2.45, 2.75) is 25.7 Å². The Bertz CT molecular complexity index is 766. The molecule has 2 aromatic rings. The molecule has 0 saturated heterocycles. The van der Waals surface area contributed by atoms with Gasteiger partial charge in [-0.05, 0) is 30.7 Å². The van der Waals surface area contributed by atoms with Crippen molar-refractivity contribution in [3.63, 3.8) is 0 Å². The van der Waals surface area contributed by atoms with Crippen molar-refractivity contribution in [3.05, 3.63) is 63.9 Å². The molecular formula is C17H16ClF3N2O2. The second kappa shape index (κ2) is 7.84. The third-order valence-electron chi connectivity index (χ3n) is 3.49. The van der Waals surface area contributed by atoms with Gasteiger partial charge in [0.1, 0.15) is 6.23 Å². The van der Waals surface area contributed by atoms with Crippen LogP contribution in [-0.2, 0) is 17.3 Å². The average Bonchev–Trinajstić information content (AvgIpc) is 2.55. The predicted molar refractivity (Wildman–Crippen MR) is 87.4 cm³/mol. The molecule has 134 valence electrons. The Balaban J connectivity index is 2.18. The van der Waals surface area contributed by atoms with Gasteiger partial charge in [0.15, 0.2) is 0 Å². The number of aryl methyl sites for hydroxylation is 1. The van der Waals surface area contributed by atoms with Gasteiger partial charge in [0.2, 0.25) is 0 Å². The number of amides is 1. The normalized spacial score (nSPS) is 12.7. The first-order valence-corrected chi connectivity index (χ1v) is 7.71. The molecule has 0 saturated carbocycles. The average molecular weight is 373 g/mol. The summed E-state index contributed by atoms with van der Waals surface area (Å²) < 4.78 is 44.2. The fourth-order valence-electron chi connectivity index (χ4n) is 2.23. The van der Waals surface area contributed by atoms with Crippen LogP contribution in [0.15, 0.2) is 36.5 Å². The Morgan fingerprint density at radius 3 is 2.64 bits per heavy atom. The van der Waals surface area contributed by atoms with E-state index in [2.05, 4.69) is 10.3 Å². The van der Waals surface area contributed by atoms with E-state index in [9.17, 15) is 18.0 Å². The number of hydrogen-bond acceptors (Lipinski definition) is 3. The number of pyridine rings is 1. The first-order chi connectivity index (χ1) is 11.7. The summed E-state index contributed by atoms with van der Waals surface area (Å²) in [5, 5.41) is 2.82. The summed E-state index contributed by atoms with van der Waals surface area (Å²) in [5.41, 5.74) is -0.136. The van der Waals surface area contributed by atoms with Crippen LogP contribution in [0.2, 0.25) is 5.02 Å². The number of benzene rings is 1. The summed E-state index contributed by atoms with van der Waals surface area (Å²) >= 11 is 6.09. The van der Waals surface area contributed by atoms with Crippen LogP contribution in [0.4, 0.5) is 13.2 Å². The molecule has 0 aliphatic carbocycles. The molecular weight excluding hydrogens is 357 g/mol. The van der Waals surface area contributed by atoms with Crippen LogP contribution in [0.3, 0.4) is 0 Å². The predicted octanol–water partition coefficient (Wildman–Crippen LogP) is 4.01. The molecule has 1 aromatic heterocycles. The zero-order chi connectivity index (χ0) is 18.6. The Labute approximate surface area is 148 Å². The number of aromatic nitrogens is 1. The van der Waals surface area contributed by atoms with Crippen LogP contribution >= 0.6 is 11.6 Å². The number of nitrogens with one attached hydrogen (secondary N) is 1. The lowest BCUT2D eigenvalue weighted by Crippen LogP contribution is -2.38. The summed E-state index contributed by atoms with van der Waals surface area (Å²) in [4.78, 5) is 16.4. The fourth-order valence-corrected chi connectivity index (χ4v) is 2.53. The van der Waals surface area contributed by atoms with E-state index >= 15 is 0 Å². The lowest BCUT2D eigenvalue weighted by Gasteiger charge is -2.19. The minimum Gasteiger partial charge on any atom is -0.361 e. The largest absolute Gasteiger partial charge is 0.417 e. The standard InChI is InChI=1S/C17H16ClF3N2O2/c1-10-7-13(18)14(22-9-10)8-15(25-2)23-16(24)11-5-3-4-6-12(11)17(19,20)21/h3-7,9,15H,8H2,1-2H3,(H,23,24). The summed E-state index contributed by atoms with van der Waals surface area (Å²) in [7, 11) is 1.34. The van der Waals surface area contributed by atoms with E-state index in [0.29, 0.717) is 10.7 Å². The molecule has 1 aromatic carbocycles. The molecule has 1 N–H and O–H groups in total. The van der Waals surface area contributed by atoms with Gasteiger partial charge in [-0.15, -0.1) is 0 Å². The quantitative estimate of drug-likeness (QED) is 0.807. The number of halogens is 4. The Morgan fingerprint density at radius 2 is 2.04 bits per heavy atom. The number of rotatable bonds is 5. The molecule has 1 atom stereocenters. The number of ether oxygens (including phenoxy) is 1. The Kier molecular flexibility index (Phi) is 6.02. The van der Waals surface area contributed by atoms with Gasteiger partial charge in [-0.2, -0.15) is 13.2 Å². The van der Waals surface area contributed by atoms with Crippen LogP contribution in [0.1, 0.15) is 27.2 Å². The maximum atomic E-state index is 13.0. The van der Waals surface area contributed by atoms with Gasteiger partial charge >= 0.3 is 6.18 Å². The molecule has 2 rings (SSSR count). The van der Waals surface area contributed by atoms with Gasteiger partial charge in [0.05, 0.1) is 21.8 Å². The van der Waals surface area contributed by atoms with Crippen molar-refractivity contribution in [1.29, 1.82) is 0 Å². The summed E-state index contributed by atoms with van der Waals surface area (Å²) in [5.74, 6) is -0.886. The fraction of sp³-hybridized carbons (Fsp3) is 0.294. The Morgan fingerprint density at radius 1 is 1.36 bits per heavy atom. The molecule has 0 aliphatic rings. The van der Waals surface area contributed by atoms with Crippen LogP contribution in [-0.4, -0.2) is 24.2 Å². The summed E-state index contributed by atoms with van der Waals surface area (Å²) in [6.45, 7) is 1.83. The minimum absolute atomic E-state index is 0.121. The number of alkyl halides is 3. The van der Waals surface area contributed by atoms with E-state index in [4.69, 9.17) is 16.3 Å². The van der Waals surface area contributed by atoms with Gasteiger partial charge in [-0.25, -0.2) is 0 Å². The zero-order valence-corrected chi connectivity index (χ0v) is 14.3. The minimum atomic E-state index is -4.63. The summed E-state index contributed by atoms with van der Waals surface area (Å²) in [6.07, 6.45) is -3.77. The van der Waals surface area contributed by atoms with E-state index < -0.39 is 29.4 Å².